The fourth-order valence-corrected chi connectivity index (χ4v) is 1.15. The van der Waals surface area contributed by atoms with Gasteiger partial charge in [-0.05, 0) is 11.6 Å². The van der Waals surface area contributed by atoms with Gasteiger partial charge in [0.1, 0.15) is 0 Å². The van der Waals surface area contributed by atoms with Gasteiger partial charge < -0.3 is 11.1 Å². The van der Waals surface area contributed by atoms with Gasteiger partial charge in [-0.25, -0.2) is 0 Å². The van der Waals surface area contributed by atoms with E-state index in [-0.39, 0.29) is 12.2 Å². The highest BCUT2D eigenvalue weighted by Gasteiger charge is 2.04. The van der Waals surface area contributed by atoms with Crippen molar-refractivity contribution in [2.75, 3.05) is 6.54 Å². The molecule has 0 aliphatic carbocycles. The van der Waals surface area contributed by atoms with Crippen molar-refractivity contribution in [2.45, 2.75) is 0 Å². The van der Waals surface area contributed by atoms with Crippen LogP contribution in [0.25, 0.3) is 6.08 Å². The topological polar surface area (TPSA) is 115 Å². The third-order valence-corrected chi connectivity index (χ3v) is 1.95. The van der Waals surface area contributed by atoms with Gasteiger partial charge in [-0.3, -0.25) is 19.7 Å². The van der Waals surface area contributed by atoms with E-state index < -0.39 is 16.7 Å². The van der Waals surface area contributed by atoms with E-state index in [0.717, 1.165) is 0 Å². The van der Waals surface area contributed by atoms with Gasteiger partial charge in [0.05, 0.1) is 11.5 Å². The molecule has 0 heterocycles. The molecule has 0 unspecified atom stereocenters. The second kappa shape index (κ2) is 6.14. The van der Waals surface area contributed by atoms with Crippen LogP contribution in [0, 0.1) is 10.1 Å². The summed E-state index contributed by atoms with van der Waals surface area (Å²) in [5, 5.41) is 12.8. The summed E-state index contributed by atoms with van der Waals surface area (Å²) < 4.78 is 0. The number of nitrogens with two attached hydrogens (primary N) is 1. The number of rotatable bonds is 5. The number of hydrogen-bond donors (Lipinski definition) is 2. The van der Waals surface area contributed by atoms with Gasteiger partial charge in [-0.2, -0.15) is 0 Å². The van der Waals surface area contributed by atoms with Crippen molar-refractivity contribution in [3.05, 3.63) is 46.0 Å². The minimum Gasteiger partial charge on any atom is -0.368 e. The quantitative estimate of drug-likeness (QED) is 0.440. The summed E-state index contributed by atoms with van der Waals surface area (Å²) in [5.74, 6) is -1.15. The summed E-state index contributed by atoms with van der Waals surface area (Å²) in [5.41, 5.74) is 5.30. The van der Waals surface area contributed by atoms with Crippen LogP contribution in [0.15, 0.2) is 30.3 Å². The van der Waals surface area contributed by atoms with Crippen molar-refractivity contribution in [3.63, 3.8) is 0 Å². The molecular weight excluding hydrogens is 238 g/mol. The number of benzene rings is 1. The highest BCUT2D eigenvalue weighted by Crippen LogP contribution is 2.13. The van der Waals surface area contributed by atoms with E-state index in [2.05, 4.69) is 5.32 Å². The molecule has 7 nitrogen and oxygen atoms in total. The van der Waals surface area contributed by atoms with Crippen molar-refractivity contribution in [1.82, 2.24) is 5.32 Å². The first-order valence-electron chi connectivity index (χ1n) is 4.97. The molecule has 0 fully saturated rings. The molecule has 1 aromatic rings. The minimum atomic E-state index is -0.646. The summed E-state index contributed by atoms with van der Waals surface area (Å²) >= 11 is 0. The predicted octanol–water partition coefficient (Wildman–Crippen LogP) is 0.209. The zero-order chi connectivity index (χ0) is 13.5. The Morgan fingerprint density at radius 3 is 2.78 bits per heavy atom. The Hall–Kier alpha value is -2.70. The lowest BCUT2D eigenvalue weighted by Crippen LogP contribution is -2.32. The zero-order valence-electron chi connectivity index (χ0n) is 9.33. The third-order valence-electron chi connectivity index (χ3n) is 1.95. The number of nitro groups is 1. The van der Waals surface area contributed by atoms with E-state index in [1.165, 1.54) is 30.4 Å². The number of nitrogens with one attached hydrogen (secondary N) is 1. The van der Waals surface area contributed by atoms with Crippen LogP contribution in [0.1, 0.15) is 5.56 Å². The molecule has 1 aromatic carbocycles. The van der Waals surface area contributed by atoms with Crippen molar-refractivity contribution in [2.24, 2.45) is 5.73 Å². The maximum Gasteiger partial charge on any atom is 0.270 e. The molecule has 0 saturated carbocycles. The number of carbonyl (C=O) groups excluding carboxylic acids is 2. The normalized spacial score (nSPS) is 10.2. The number of hydrogen-bond acceptors (Lipinski definition) is 4. The molecule has 94 valence electrons. The Kier molecular flexibility index (Phi) is 4.56. The monoisotopic (exact) mass is 249 g/mol. The predicted molar refractivity (Wildman–Crippen MR) is 64.3 cm³/mol. The lowest BCUT2D eigenvalue weighted by molar-refractivity contribution is -0.384. The fourth-order valence-electron chi connectivity index (χ4n) is 1.15. The van der Waals surface area contributed by atoms with Crippen LogP contribution >= 0.6 is 0 Å². The highest BCUT2D eigenvalue weighted by molar-refractivity contribution is 5.94. The lowest BCUT2D eigenvalue weighted by Gasteiger charge is -1.97. The van der Waals surface area contributed by atoms with Gasteiger partial charge in [-0.1, -0.05) is 12.1 Å². The molecule has 7 heteroatoms. The Labute approximate surface area is 102 Å². The Morgan fingerprint density at radius 2 is 2.17 bits per heavy atom. The number of primary amides is 1. The molecule has 2 amide bonds. The molecule has 0 aromatic heterocycles. The number of nitrogens with zero attached hydrogens (tertiary/aromatic N) is 1. The largest absolute Gasteiger partial charge is 0.368 e. The van der Waals surface area contributed by atoms with Crippen molar-refractivity contribution >= 4 is 23.6 Å². The zero-order valence-corrected chi connectivity index (χ0v) is 9.33. The summed E-state index contributed by atoms with van der Waals surface area (Å²) in [6.45, 7) is -0.252. The molecule has 1 rings (SSSR count). The van der Waals surface area contributed by atoms with E-state index in [1.54, 1.807) is 6.07 Å². The fraction of sp³-hybridized carbons (Fsp3) is 0.0909. The number of nitro benzene ring substituents is 1. The van der Waals surface area contributed by atoms with Crippen molar-refractivity contribution < 1.29 is 14.5 Å². The Morgan fingerprint density at radius 1 is 1.44 bits per heavy atom. The van der Waals surface area contributed by atoms with Gasteiger partial charge in [0.15, 0.2) is 0 Å². The molecule has 0 atom stereocenters. The molecule has 18 heavy (non-hydrogen) atoms. The van der Waals surface area contributed by atoms with Crippen LogP contribution in [0.5, 0.6) is 0 Å². The maximum atomic E-state index is 11.2. The summed E-state index contributed by atoms with van der Waals surface area (Å²) in [6.07, 6.45) is 2.57. The second-order valence-corrected chi connectivity index (χ2v) is 3.37. The highest BCUT2D eigenvalue weighted by atomic mass is 16.6. The van der Waals surface area contributed by atoms with Gasteiger partial charge in [0.2, 0.25) is 11.8 Å². The average molecular weight is 249 g/mol. The van der Waals surface area contributed by atoms with Gasteiger partial charge in [0, 0.05) is 18.2 Å². The number of non-ortho nitro benzene ring substituents is 1. The smallest absolute Gasteiger partial charge is 0.270 e. The van der Waals surface area contributed by atoms with Crippen LogP contribution in [-0.2, 0) is 9.59 Å². The first-order chi connectivity index (χ1) is 8.49. The minimum absolute atomic E-state index is 0.0605. The van der Waals surface area contributed by atoms with Gasteiger partial charge in [-0.15, -0.1) is 0 Å². The Balaban J connectivity index is 2.66. The molecule has 0 aliphatic heterocycles. The summed E-state index contributed by atoms with van der Waals surface area (Å²) in [6, 6.07) is 5.81. The van der Waals surface area contributed by atoms with E-state index in [0.29, 0.717) is 5.56 Å². The van der Waals surface area contributed by atoms with Crippen LogP contribution in [0.4, 0.5) is 5.69 Å². The molecule has 0 spiro atoms. The van der Waals surface area contributed by atoms with Crippen LogP contribution < -0.4 is 11.1 Å². The second-order valence-electron chi connectivity index (χ2n) is 3.37. The first-order valence-corrected chi connectivity index (χ1v) is 4.97. The standard InChI is InChI=1S/C11H11N3O4/c12-10(15)7-13-11(16)5-4-8-2-1-3-9(6-8)14(17)18/h1-6H,7H2,(H2,12,15)(H,13,16). The number of carbonyl (C=O) groups is 2. The molecule has 0 bridgehead atoms. The molecule has 0 aliphatic rings. The van der Waals surface area contributed by atoms with Gasteiger partial charge in [0.25, 0.3) is 5.69 Å². The van der Waals surface area contributed by atoms with Crippen LogP contribution in [0.2, 0.25) is 0 Å². The summed E-state index contributed by atoms with van der Waals surface area (Å²) in [4.78, 5) is 31.6. The van der Waals surface area contributed by atoms with Crippen LogP contribution in [0.3, 0.4) is 0 Å². The van der Waals surface area contributed by atoms with Crippen LogP contribution in [-0.4, -0.2) is 23.3 Å². The van der Waals surface area contributed by atoms with E-state index in [4.69, 9.17) is 5.73 Å². The average Bonchev–Trinajstić information content (AvgIpc) is 2.34. The number of amides is 2. The molecule has 0 saturated heterocycles. The third kappa shape index (κ3) is 4.44. The van der Waals surface area contributed by atoms with Gasteiger partial charge >= 0.3 is 0 Å². The lowest BCUT2D eigenvalue weighted by atomic mass is 10.2. The van der Waals surface area contributed by atoms with E-state index >= 15 is 0 Å². The molecular formula is C11H11N3O4. The van der Waals surface area contributed by atoms with Crippen molar-refractivity contribution in [3.8, 4) is 0 Å². The Bertz CT molecular complexity index is 511. The molecule has 0 radical (unpaired) electrons. The van der Waals surface area contributed by atoms with E-state index in [9.17, 15) is 19.7 Å². The maximum absolute atomic E-state index is 11.2. The van der Waals surface area contributed by atoms with Crippen molar-refractivity contribution in [1.29, 1.82) is 0 Å². The molecule has 3 N–H and O–H groups in total. The summed E-state index contributed by atoms with van der Waals surface area (Å²) in [7, 11) is 0. The van der Waals surface area contributed by atoms with E-state index in [1.807, 2.05) is 0 Å². The SMILES string of the molecule is NC(=O)CNC(=O)C=Cc1cccc([N+](=O)[O-])c1. The first kappa shape index (κ1) is 13.4.